The van der Waals surface area contributed by atoms with Gasteiger partial charge in [0.25, 0.3) is 5.91 Å². The number of carbonyl (C=O) groups is 2. The Labute approximate surface area is 126 Å². The zero-order valence-electron chi connectivity index (χ0n) is 13.2. The van der Waals surface area contributed by atoms with Gasteiger partial charge in [-0.3, -0.25) is 9.59 Å². The van der Waals surface area contributed by atoms with Crippen LogP contribution in [0.2, 0.25) is 0 Å². The van der Waals surface area contributed by atoms with Crippen LogP contribution in [-0.4, -0.2) is 23.9 Å². The van der Waals surface area contributed by atoms with Gasteiger partial charge >= 0.3 is 0 Å². The smallest absolute Gasteiger partial charge is 0.251 e. The number of benzene rings is 1. The third-order valence-electron chi connectivity index (χ3n) is 3.19. The van der Waals surface area contributed by atoms with Gasteiger partial charge in [0, 0.05) is 30.3 Å². The molecule has 0 aliphatic heterocycles. The fourth-order valence-electron chi connectivity index (χ4n) is 2.34. The summed E-state index contributed by atoms with van der Waals surface area (Å²) in [6.45, 7) is 7.99. The average Bonchev–Trinajstić information content (AvgIpc) is 2.37. The fraction of sp³-hybridized carbons (Fsp3) is 0.500. The van der Waals surface area contributed by atoms with Crippen molar-refractivity contribution >= 4 is 17.5 Å². The van der Waals surface area contributed by atoms with Gasteiger partial charge in [-0.2, -0.15) is 0 Å². The summed E-state index contributed by atoms with van der Waals surface area (Å²) >= 11 is 0. The molecule has 0 heterocycles. The van der Waals surface area contributed by atoms with Gasteiger partial charge < -0.3 is 16.4 Å². The Morgan fingerprint density at radius 3 is 2.24 bits per heavy atom. The van der Waals surface area contributed by atoms with E-state index in [0.717, 1.165) is 6.42 Å². The van der Waals surface area contributed by atoms with Crippen LogP contribution in [0.25, 0.3) is 0 Å². The first kappa shape index (κ1) is 17.2. The number of amides is 2. The van der Waals surface area contributed by atoms with Gasteiger partial charge in [0.15, 0.2) is 0 Å². The summed E-state index contributed by atoms with van der Waals surface area (Å²) in [6.07, 6.45) is 0.819. The van der Waals surface area contributed by atoms with Crippen molar-refractivity contribution in [1.29, 1.82) is 0 Å². The lowest BCUT2D eigenvalue weighted by atomic mass is 9.90. The minimum absolute atomic E-state index is 0.139. The zero-order chi connectivity index (χ0) is 16.0. The standard InChI is InChI=1S/C16H25N3O2/c1-11(2)9-16(4,10-17)19-15(21)13-5-7-14(8-6-13)18-12(3)20/h5-8,11H,9-10,17H2,1-4H3,(H,18,20)(H,19,21). The highest BCUT2D eigenvalue weighted by atomic mass is 16.2. The maximum Gasteiger partial charge on any atom is 0.251 e. The van der Waals surface area contributed by atoms with E-state index in [2.05, 4.69) is 24.5 Å². The van der Waals surface area contributed by atoms with Crippen LogP contribution in [-0.2, 0) is 4.79 Å². The maximum atomic E-state index is 12.3. The van der Waals surface area contributed by atoms with Crippen LogP contribution in [0.5, 0.6) is 0 Å². The molecule has 2 amide bonds. The molecule has 0 radical (unpaired) electrons. The van der Waals surface area contributed by atoms with Gasteiger partial charge in [0.1, 0.15) is 0 Å². The van der Waals surface area contributed by atoms with Crippen LogP contribution in [0, 0.1) is 5.92 Å². The lowest BCUT2D eigenvalue weighted by Crippen LogP contribution is -2.52. The molecule has 0 fully saturated rings. The van der Waals surface area contributed by atoms with Crippen molar-refractivity contribution in [2.24, 2.45) is 11.7 Å². The van der Waals surface area contributed by atoms with Crippen molar-refractivity contribution in [3.63, 3.8) is 0 Å². The van der Waals surface area contributed by atoms with E-state index in [9.17, 15) is 9.59 Å². The predicted molar refractivity (Wildman–Crippen MR) is 85.1 cm³/mol. The number of nitrogens with two attached hydrogens (primary N) is 1. The Hall–Kier alpha value is -1.88. The maximum absolute atomic E-state index is 12.3. The minimum atomic E-state index is -0.415. The van der Waals surface area contributed by atoms with E-state index in [-0.39, 0.29) is 11.8 Å². The van der Waals surface area contributed by atoms with E-state index >= 15 is 0 Å². The molecule has 0 saturated heterocycles. The van der Waals surface area contributed by atoms with Gasteiger partial charge in [-0.25, -0.2) is 0 Å². The molecule has 0 aliphatic rings. The normalized spacial score (nSPS) is 13.6. The number of hydrogen-bond acceptors (Lipinski definition) is 3. The highest BCUT2D eigenvalue weighted by Crippen LogP contribution is 2.17. The van der Waals surface area contributed by atoms with E-state index in [1.54, 1.807) is 24.3 Å². The SMILES string of the molecule is CC(=O)Nc1ccc(C(=O)NC(C)(CN)CC(C)C)cc1. The van der Waals surface area contributed by atoms with Crippen molar-refractivity contribution in [3.8, 4) is 0 Å². The molecule has 0 bridgehead atoms. The Morgan fingerprint density at radius 2 is 1.81 bits per heavy atom. The molecular formula is C16H25N3O2. The molecule has 0 aromatic heterocycles. The Balaban J connectivity index is 2.76. The summed E-state index contributed by atoms with van der Waals surface area (Å²) in [5, 5.41) is 5.67. The largest absolute Gasteiger partial charge is 0.346 e. The van der Waals surface area contributed by atoms with Crippen LogP contribution in [0.15, 0.2) is 24.3 Å². The molecule has 1 atom stereocenters. The monoisotopic (exact) mass is 291 g/mol. The summed E-state index contributed by atoms with van der Waals surface area (Å²) in [6, 6.07) is 6.79. The van der Waals surface area contributed by atoms with E-state index in [4.69, 9.17) is 5.73 Å². The van der Waals surface area contributed by atoms with Crippen molar-refractivity contribution in [2.45, 2.75) is 39.7 Å². The van der Waals surface area contributed by atoms with Gasteiger partial charge in [0.05, 0.1) is 0 Å². The van der Waals surface area contributed by atoms with Gasteiger partial charge in [-0.1, -0.05) is 13.8 Å². The number of anilines is 1. The van der Waals surface area contributed by atoms with Crippen molar-refractivity contribution in [1.82, 2.24) is 5.32 Å². The van der Waals surface area contributed by atoms with Gasteiger partial charge in [-0.15, -0.1) is 0 Å². The fourth-order valence-corrected chi connectivity index (χ4v) is 2.34. The number of carbonyl (C=O) groups excluding carboxylic acids is 2. The topological polar surface area (TPSA) is 84.2 Å². The number of hydrogen-bond donors (Lipinski definition) is 3. The van der Waals surface area contributed by atoms with Crippen molar-refractivity contribution < 1.29 is 9.59 Å². The van der Waals surface area contributed by atoms with Crippen LogP contribution < -0.4 is 16.4 Å². The second-order valence-corrected chi connectivity index (χ2v) is 6.08. The molecule has 21 heavy (non-hydrogen) atoms. The Kier molecular flexibility index (Phi) is 5.90. The second kappa shape index (κ2) is 7.22. The quantitative estimate of drug-likeness (QED) is 0.750. The van der Waals surface area contributed by atoms with E-state index in [0.29, 0.717) is 23.7 Å². The van der Waals surface area contributed by atoms with Crippen LogP contribution in [0.4, 0.5) is 5.69 Å². The second-order valence-electron chi connectivity index (χ2n) is 6.08. The molecule has 116 valence electrons. The molecule has 1 aromatic carbocycles. The van der Waals surface area contributed by atoms with Crippen molar-refractivity contribution in [3.05, 3.63) is 29.8 Å². The molecule has 0 spiro atoms. The molecule has 1 unspecified atom stereocenters. The molecular weight excluding hydrogens is 266 g/mol. The highest BCUT2D eigenvalue weighted by molar-refractivity contribution is 5.95. The lowest BCUT2D eigenvalue weighted by Gasteiger charge is -2.31. The molecule has 5 nitrogen and oxygen atoms in total. The van der Waals surface area contributed by atoms with Crippen LogP contribution in [0.3, 0.4) is 0 Å². The third-order valence-corrected chi connectivity index (χ3v) is 3.19. The van der Waals surface area contributed by atoms with E-state index < -0.39 is 5.54 Å². The number of rotatable bonds is 6. The summed E-state index contributed by atoms with van der Waals surface area (Å²) in [5.41, 5.74) is 6.60. The van der Waals surface area contributed by atoms with Crippen LogP contribution >= 0.6 is 0 Å². The predicted octanol–water partition coefficient (Wildman–Crippen LogP) is 2.14. The van der Waals surface area contributed by atoms with Gasteiger partial charge in [-0.05, 0) is 43.5 Å². The van der Waals surface area contributed by atoms with Gasteiger partial charge in [0.2, 0.25) is 5.91 Å². The van der Waals surface area contributed by atoms with Crippen molar-refractivity contribution in [2.75, 3.05) is 11.9 Å². The highest BCUT2D eigenvalue weighted by Gasteiger charge is 2.26. The summed E-state index contributed by atoms with van der Waals surface area (Å²) in [4.78, 5) is 23.2. The minimum Gasteiger partial charge on any atom is -0.346 e. The first-order valence-corrected chi connectivity index (χ1v) is 7.16. The molecule has 0 aliphatic carbocycles. The summed E-state index contributed by atoms with van der Waals surface area (Å²) in [5.74, 6) is 0.152. The van der Waals surface area contributed by atoms with E-state index in [1.165, 1.54) is 6.92 Å². The summed E-state index contributed by atoms with van der Waals surface area (Å²) in [7, 11) is 0. The lowest BCUT2D eigenvalue weighted by molar-refractivity contribution is -0.114. The molecule has 5 heteroatoms. The molecule has 0 saturated carbocycles. The van der Waals surface area contributed by atoms with Crippen LogP contribution in [0.1, 0.15) is 44.5 Å². The first-order valence-electron chi connectivity index (χ1n) is 7.16. The Bertz CT molecular complexity index is 497. The zero-order valence-corrected chi connectivity index (χ0v) is 13.2. The Morgan fingerprint density at radius 1 is 1.24 bits per heavy atom. The summed E-state index contributed by atoms with van der Waals surface area (Å²) < 4.78 is 0. The first-order chi connectivity index (χ1) is 9.75. The number of nitrogens with one attached hydrogen (secondary N) is 2. The third kappa shape index (κ3) is 5.55. The molecule has 1 aromatic rings. The average molecular weight is 291 g/mol. The van der Waals surface area contributed by atoms with E-state index in [1.807, 2.05) is 6.92 Å². The molecule has 4 N–H and O–H groups in total. The molecule has 1 rings (SSSR count).